The van der Waals surface area contributed by atoms with Crippen molar-refractivity contribution in [1.29, 1.82) is 0 Å². The Bertz CT molecular complexity index is 2490. The van der Waals surface area contributed by atoms with Gasteiger partial charge in [-0.3, -0.25) is 4.57 Å². The highest BCUT2D eigenvalue weighted by Crippen LogP contribution is 2.72. The van der Waals surface area contributed by atoms with Crippen LogP contribution in [0.1, 0.15) is 80.2 Å². The third-order valence-corrected chi connectivity index (χ3v) is 19.3. The molecule has 10 fully saturated rings. The lowest BCUT2D eigenvalue weighted by Gasteiger charge is -2.70. The molecule has 0 amide bonds. The minimum absolute atomic E-state index is 0.0511. The average molecular weight is 932 g/mol. The van der Waals surface area contributed by atoms with Crippen LogP contribution in [-0.2, 0) is 55.9 Å². The van der Waals surface area contributed by atoms with E-state index in [1.54, 1.807) is 31.6 Å². The van der Waals surface area contributed by atoms with Gasteiger partial charge in [-0.25, -0.2) is 9.78 Å². The van der Waals surface area contributed by atoms with Crippen molar-refractivity contribution >= 4 is 70.4 Å². The first-order valence-electron chi connectivity index (χ1n) is 21.5. The number of rotatable bonds is 8. The maximum absolute atomic E-state index is 11.8. The van der Waals surface area contributed by atoms with Gasteiger partial charge in [0.2, 0.25) is 0 Å². The quantitative estimate of drug-likeness (QED) is 0.0946. The number of benzene rings is 3. The summed E-state index contributed by atoms with van der Waals surface area (Å²) in [7, 11) is -3.98. The van der Waals surface area contributed by atoms with E-state index < -0.39 is 37.7 Å². The van der Waals surface area contributed by atoms with Crippen molar-refractivity contribution in [2.24, 2.45) is 41.4 Å². The summed E-state index contributed by atoms with van der Waals surface area (Å²) in [4.78, 5) is 47.9. The SMILES string of the molecule is COC1(c2cc3c(Cl)c(OP(C)(=O)[O-])ccc3s2)OOC12C1CC3CC(C1)CC2C3.COC1(c2ccc3ccc(CP(C)(=O)[O-])cc3c2)OOC12C1CC3CC2CC(Cl)(C3)C1. The summed E-state index contributed by atoms with van der Waals surface area (Å²) in [5.74, 6) is 1.93. The first-order valence-corrected chi connectivity index (χ1v) is 27.3. The van der Waals surface area contributed by atoms with Gasteiger partial charge < -0.3 is 28.3 Å². The zero-order valence-corrected chi connectivity index (χ0v) is 38.7. The minimum atomic E-state index is -3.96. The predicted molar refractivity (Wildman–Crippen MR) is 229 cm³/mol. The predicted octanol–water partition coefficient (Wildman–Crippen LogP) is 10.00. The Morgan fingerprint density at radius 2 is 1.33 bits per heavy atom. The molecule has 10 aliphatic rings. The van der Waals surface area contributed by atoms with Gasteiger partial charge in [-0.05, 0) is 153 Å². The molecule has 3 aromatic carbocycles. The molecule has 16 heteroatoms. The first-order chi connectivity index (χ1) is 28.9. The van der Waals surface area contributed by atoms with E-state index in [0.717, 1.165) is 87.5 Å². The van der Waals surface area contributed by atoms with E-state index in [0.29, 0.717) is 29.6 Å². The third kappa shape index (κ3) is 6.25. The Kier molecular flexibility index (Phi) is 9.79. The molecule has 2 saturated heterocycles. The normalized spacial score (nSPS) is 41.9. The molecule has 0 N–H and O–H groups in total. The Hall–Kier alpha value is -1.60. The van der Waals surface area contributed by atoms with E-state index in [-0.39, 0.29) is 21.8 Å². The zero-order valence-electron chi connectivity index (χ0n) is 34.6. The lowest BCUT2D eigenvalue weighted by Crippen LogP contribution is -2.78. The fourth-order valence-corrected chi connectivity index (χ4v) is 17.6. The topological polar surface area (TPSA) is 145 Å². The molecule has 11 nitrogen and oxygen atoms in total. The van der Waals surface area contributed by atoms with Crippen molar-refractivity contribution in [3.63, 3.8) is 0 Å². The second-order valence-corrected chi connectivity index (χ2v) is 26.0. The fourth-order valence-electron chi connectivity index (χ4n) is 14.0. The number of fused-ring (bicyclic) bond motifs is 2. The summed E-state index contributed by atoms with van der Waals surface area (Å²) in [5, 5.41) is 3.03. The highest BCUT2D eigenvalue weighted by molar-refractivity contribution is 7.54. The first kappa shape index (κ1) is 42.1. The van der Waals surface area contributed by atoms with Gasteiger partial charge in [0.1, 0.15) is 5.75 Å². The van der Waals surface area contributed by atoms with Crippen LogP contribution in [0.25, 0.3) is 20.9 Å². The highest BCUT2D eigenvalue weighted by atomic mass is 35.5. The summed E-state index contributed by atoms with van der Waals surface area (Å²) in [6, 6.07) is 17.3. The van der Waals surface area contributed by atoms with Crippen LogP contribution < -0.4 is 14.3 Å². The van der Waals surface area contributed by atoms with Gasteiger partial charge in [-0.1, -0.05) is 41.9 Å². The van der Waals surface area contributed by atoms with Gasteiger partial charge in [0.25, 0.3) is 11.6 Å². The number of methoxy groups -OCH3 is 2. The monoisotopic (exact) mass is 930 g/mol. The fraction of sp³-hybridized carbons (Fsp3) is 0.600. The van der Waals surface area contributed by atoms with Crippen LogP contribution in [0.4, 0.5) is 0 Å². The van der Waals surface area contributed by atoms with Crippen molar-refractivity contribution in [2.45, 2.75) is 98.0 Å². The third-order valence-electron chi connectivity index (χ3n) is 15.8. The van der Waals surface area contributed by atoms with Crippen molar-refractivity contribution in [2.75, 3.05) is 27.5 Å². The lowest BCUT2D eigenvalue weighted by molar-refractivity contribution is -0.645. The second kappa shape index (κ2) is 14.2. The number of alkyl halides is 1. The van der Waals surface area contributed by atoms with Gasteiger partial charge in [0, 0.05) is 54.9 Å². The number of ether oxygens (including phenoxy) is 2. The van der Waals surface area contributed by atoms with Crippen LogP contribution in [0, 0.1) is 41.4 Å². The highest BCUT2D eigenvalue weighted by Gasteiger charge is 2.79. The van der Waals surface area contributed by atoms with E-state index in [1.807, 2.05) is 36.4 Å². The molecule has 3 heterocycles. The molecule has 2 spiro atoms. The van der Waals surface area contributed by atoms with Gasteiger partial charge in [-0.2, -0.15) is 9.78 Å². The van der Waals surface area contributed by atoms with E-state index in [9.17, 15) is 18.9 Å². The summed E-state index contributed by atoms with van der Waals surface area (Å²) < 4.78 is 41.6. The summed E-state index contributed by atoms with van der Waals surface area (Å²) in [5.41, 5.74) is 0.729. The number of hydrogen-bond acceptors (Lipinski definition) is 12. The zero-order chi connectivity index (χ0) is 42.5. The molecule has 61 heavy (non-hydrogen) atoms. The Morgan fingerprint density at radius 3 is 1.89 bits per heavy atom. The van der Waals surface area contributed by atoms with Crippen LogP contribution in [0.15, 0.2) is 54.6 Å². The van der Waals surface area contributed by atoms with E-state index in [4.69, 9.17) is 56.7 Å². The van der Waals surface area contributed by atoms with Crippen molar-refractivity contribution in [3.8, 4) is 5.75 Å². The molecule has 0 radical (unpaired) electrons. The number of hydrogen-bond donors (Lipinski definition) is 0. The van der Waals surface area contributed by atoms with E-state index >= 15 is 0 Å². The van der Waals surface area contributed by atoms with Crippen molar-refractivity contribution in [3.05, 3.63) is 75.6 Å². The molecule has 8 aliphatic carbocycles. The van der Waals surface area contributed by atoms with E-state index in [1.165, 1.54) is 38.8 Å². The molecular weight excluding hydrogens is 881 g/mol. The van der Waals surface area contributed by atoms with E-state index in [2.05, 4.69) is 12.1 Å². The van der Waals surface area contributed by atoms with Crippen molar-refractivity contribution < 1.29 is 52.5 Å². The Morgan fingerprint density at radius 1 is 0.721 bits per heavy atom. The average Bonchev–Trinajstić information content (AvgIpc) is 3.59. The molecule has 6 unspecified atom stereocenters. The van der Waals surface area contributed by atoms with Crippen LogP contribution in [0.2, 0.25) is 5.02 Å². The summed E-state index contributed by atoms with van der Waals surface area (Å²) in [6.45, 7) is 2.31. The molecule has 14 rings (SSSR count). The van der Waals surface area contributed by atoms with Gasteiger partial charge >= 0.3 is 0 Å². The molecule has 6 atom stereocenters. The molecule has 8 saturated carbocycles. The molecule has 4 aromatic rings. The smallest absolute Gasteiger partial charge is 0.269 e. The molecule has 2 aliphatic heterocycles. The molecule has 8 bridgehead atoms. The number of thiophene rings is 1. The summed E-state index contributed by atoms with van der Waals surface area (Å²) >= 11 is 15.1. The van der Waals surface area contributed by atoms with Crippen LogP contribution >= 0.6 is 49.5 Å². The van der Waals surface area contributed by atoms with Crippen molar-refractivity contribution in [1.82, 2.24) is 0 Å². The minimum Gasteiger partial charge on any atom is -0.799 e. The largest absolute Gasteiger partial charge is 0.799 e. The molecule has 1 aromatic heterocycles. The lowest BCUT2D eigenvalue weighted by atomic mass is 9.46. The van der Waals surface area contributed by atoms with Crippen LogP contribution in [0.3, 0.4) is 0 Å². The molecular formula is C45H50Cl2O11P2S-2. The van der Waals surface area contributed by atoms with Gasteiger partial charge in [0.15, 0.2) is 18.8 Å². The van der Waals surface area contributed by atoms with Crippen LogP contribution in [0.5, 0.6) is 5.75 Å². The maximum atomic E-state index is 11.8. The summed E-state index contributed by atoms with van der Waals surface area (Å²) in [6.07, 6.45) is 11.3. The number of halogens is 2. The maximum Gasteiger partial charge on any atom is 0.269 e. The Labute approximate surface area is 369 Å². The van der Waals surface area contributed by atoms with Gasteiger partial charge in [-0.15, -0.1) is 22.9 Å². The Balaban J connectivity index is 0.000000138. The second-order valence-electron chi connectivity index (χ2n) is 19.7. The van der Waals surface area contributed by atoms with Gasteiger partial charge in [0.05, 0.1) is 9.90 Å². The van der Waals surface area contributed by atoms with Crippen LogP contribution in [-0.4, -0.2) is 43.6 Å². The standard InChI is InChI=1S/C24H28ClO5P.C21H24ClO6PS/c1-28-24(19-6-5-17-4-3-15(7-18(17)10-19)14-31(2,26)27)23(29-30-24)20-8-16-9-21(23)13-22(25,11-16)12-20;1-25-21(20(27-28-21)13-6-11-5-12(8-13)9-14(20)7-11)18-10-15-17(30-18)4-3-16(19(15)22)26-29(2,23)24/h3-7,10,16,20-21H,8-9,11-14H2,1-2H3,(H,26,27);3-4,10-14H,5-9H2,1-2H3,(H,23,24)/p-2. The molecule has 328 valence electrons.